The van der Waals surface area contributed by atoms with Crippen molar-refractivity contribution in [2.24, 2.45) is 0 Å². The van der Waals surface area contributed by atoms with Crippen LogP contribution >= 0.6 is 15.9 Å². The van der Waals surface area contributed by atoms with Crippen molar-refractivity contribution in [3.05, 3.63) is 63.9 Å². The lowest BCUT2D eigenvalue weighted by molar-refractivity contribution is 0.234. The van der Waals surface area contributed by atoms with Crippen molar-refractivity contribution in [1.82, 2.24) is 10.6 Å². The monoisotopic (exact) mass is 430 g/mol. The molecule has 2 aromatic carbocycles. The molecule has 27 heavy (non-hydrogen) atoms. The lowest BCUT2D eigenvalue weighted by atomic mass is 10.0. The molecule has 0 atom stereocenters. The molecule has 3 rings (SSSR count). The number of benzene rings is 2. The van der Waals surface area contributed by atoms with Gasteiger partial charge in [0.2, 0.25) is 0 Å². The quantitative estimate of drug-likeness (QED) is 0.771. The molecule has 0 aromatic heterocycles. The number of carbonyl (C=O) groups is 1. The number of hydrogen-bond donors (Lipinski definition) is 2. The molecule has 1 fully saturated rings. The minimum Gasteiger partial charge on any atom is -0.371 e. The molecule has 2 N–H and O–H groups in total. The Morgan fingerprint density at radius 3 is 2.56 bits per heavy atom. The summed E-state index contributed by atoms with van der Waals surface area (Å²) in [7, 11) is 0. The lowest BCUT2D eigenvalue weighted by Gasteiger charge is -2.34. The maximum Gasteiger partial charge on any atom is 0.315 e. The molecule has 1 heterocycles. The minimum absolute atomic E-state index is 0.110. The first kappa shape index (κ1) is 19.2. The summed E-state index contributed by atoms with van der Waals surface area (Å²) in [6.07, 6.45) is 1.69. The van der Waals surface area contributed by atoms with Gasteiger partial charge in [-0.05, 0) is 60.9 Å². The fourth-order valence-electron chi connectivity index (χ4n) is 3.16. The Balaban J connectivity index is 1.44. The second kappa shape index (κ2) is 8.87. The topological polar surface area (TPSA) is 68.2 Å². The maximum absolute atomic E-state index is 13.4. The fraction of sp³-hybridized carbons (Fsp3) is 0.300. The number of carbonyl (C=O) groups excluding carboxylic acids is 1. The summed E-state index contributed by atoms with van der Waals surface area (Å²) in [6, 6.07) is 14.1. The van der Waals surface area contributed by atoms with Crippen LogP contribution in [0.2, 0.25) is 0 Å². The number of nitrogens with one attached hydrogen (secondary N) is 2. The zero-order chi connectivity index (χ0) is 19.2. The van der Waals surface area contributed by atoms with Crippen molar-refractivity contribution < 1.29 is 9.18 Å². The van der Waals surface area contributed by atoms with Crippen LogP contribution in [0.4, 0.5) is 14.9 Å². The second-order valence-electron chi connectivity index (χ2n) is 6.52. The van der Waals surface area contributed by atoms with Gasteiger partial charge in [-0.25, -0.2) is 9.18 Å². The molecule has 0 bridgehead atoms. The smallest absolute Gasteiger partial charge is 0.315 e. The highest BCUT2D eigenvalue weighted by atomic mass is 79.9. The highest BCUT2D eigenvalue weighted by Gasteiger charge is 2.20. The average molecular weight is 431 g/mol. The zero-order valence-corrected chi connectivity index (χ0v) is 16.3. The van der Waals surface area contributed by atoms with Gasteiger partial charge in [0, 0.05) is 35.8 Å². The van der Waals surface area contributed by atoms with Crippen LogP contribution in [-0.2, 0) is 6.54 Å². The molecule has 1 aliphatic rings. The summed E-state index contributed by atoms with van der Waals surface area (Å²) < 4.78 is 14.0. The van der Waals surface area contributed by atoms with Crippen molar-refractivity contribution in [1.29, 1.82) is 5.26 Å². The largest absolute Gasteiger partial charge is 0.371 e. The number of hydrogen-bond acceptors (Lipinski definition) is 3. The summed E-state index contributed by atoms with van der Waals surface area (Å²) in [5.41, 5.74) is 2.44. The van der Waals surface area contributed by atoms with Gasteiger partial charge in [-0.1, -0.05) is 15.9 Å². The predicted molar refractivity (Wildman–Crippen MR) is 106 cm³/mol. The highest BCUT2D eigenvalue weighted by Crippen LogP contribution is 2.20. The van der Waals surface area contributed by atoms with E-state index in [1.54, 1.807) is 6.07 Å². The molecular formula is C20H20BrFN4O. The van der Waals surface area contributed by atoms with Gasteiger partial charge in [0.1, 0.15) is 5.82 Å². The van der Waals surface area contributed by atoms with Gasteiger partial charge in [0.05, 0.1) is 11.6 Å². The Kier molecular flexibility index (Phi) is 6.30. The third kappa shape index (κ3) is 5.44. The molecule has 1 aliphatic heterocycles. The number of nitrogens with zero attached hydrogens (tertiary/aromatic N) is 2. The van der Waals surface area contributed by atoms with E-state index < -0.39 is 0 Å². The van der Waals surface area contributed by atoms with Crippen molar-refractivity contribution >= 4 is 27.6 Å². The van der Waals surface area contributed by atoms with Gasteiger partial charge in [-0.2, -0.15) is 5.26 Å². The Morgan fingerprint density at radius 1 is 1.22 bits per heavy atom. The van der Waals surface area contributed by atoms with E-state index in [1.165, 1.54) is 12.1 Å². The molecule has 1 saturated heterocycles. The second-order valence-corrected chi connectivity index (χ2v) is 7.44. The van der Waals surface area contributed by atoms with E-state index in [4.69, 9.17) is 5.26 Å². The third-order valence-corrected chi connectivity index (χ3v) is 5.02. The van der Waals surface area contributed by atoms with Crippen LogP contribution in [0.15, 0.2) is 46.9 Å². The number of amides is 2. The Labute approximate surface area is 166 Å². The van der Waals surface area contributed by atoms with Crippen LogP contribution in [0.5, 0.6) is 0 Å². The number of rotatable bonds is 4. The molecule has 2 amide bonds. The number of nitriles is 1. The Bertz CT molecular complexity index is 822. The number of anilines is 1. The van der Waals surface area contributed by atoms with Crippen LogP contribution < -0.4 is 15.5 Å². The zero-order valence-electron chi connectivity index (χ0n) is 14.7. The summed E-state index contributed by atoms with van der Waals surface area (Å²) >= 11 is 3.24. The van der Waals surface area contributed by atoms with Gasteiger partial charge in [-0.15, -0.1) is 0 Å². The van der Waals surface area contributed by atoms with Crippen LogP contribution in [0.3, 0.4) is 0 Å². The van der Waals surface area contributed by atoms with Crippen molar-refractivity contribution in [2.45, 2.75) is 25.4 Å². The molecule has 0 radical (unpaired) electrons. The molecule has 0 spiro atoms. The molecule has 140 valence electrons. The standard InChI is InChI=1S/C20H20BrFN4O/c21-16-9-15(10-17(22)11-16)13-24-20(27)25-18-5-7-26(8-6-18)19-3-1-14(12-23)2-4-19/h1-4,9-11,18H,5-8,13H2,(H2,24,25,27). The molecule has 0 saturated carbocycles. The summed E-state index contributed by atoms with van der Waals surface area (Å²) in [6.45, 7) is 1.95. The predicted octanol–water partition coefficient (Wildman–Crippen LogP) is 3.93. The van der Waals surface area contributed by atoms with E-state index >= 15 is 0 Å². The first-order chi connectivity index (χ1) is 13.0. The van der Waals surface area contributed by atoms with Crippen LogP contribution in [-0.4, -0.2) is 25.2 Å². The molecule has 2 aromatic rings. The minimum atomic E-state index is -0.336. The van der Waals surface area contributed by atoms with E-state index in [0.29, 0.717) is 15.6 Å². The number of halogens is 2. The molecule has 7 heteroatoms. The number of piperidine rings is 1. The van der Waals surface area contributed by atoms with Crippen molar-refractivity contribution in [3.63, 3.8) is 0 Å². The average Bonchev–Trinajstić information content (AvgIpc) is 2.66. The van der Waals surface area contributed by atoms with Crippen molar-refractivity contribution in [3.8, 4) is 6.07 Å². The van der Waals surface area contributed by atoms with E-state index in [-0.39, 0.29) is 24.4 Å². The fourth-order valence-corrected chi connectivity index (χ4v) is 3.67. The Hall–Kier alpha value is -2.59. The molecule has 0 unspecified atom stereocenters. The van der Waals surface area contributed by atoms with Gasteiger partial charge in [0.15, 0.2) is 0 Å². The van der Waals surface area contributed by atoms with Crippen LogP contribution in [0.25, 0.3) is 0 Å². The van der Waals surface area contributed by atoms with Gasteiger partial charge in [0.25, 0.3) is 0 Å². The summed E-state index contributed by atoms with van der Waals surface area (Å²) in [5.74, 6) is -0.336. The molecule has 5 nitrogen and oxygen atoms in total. The van der Waals surface area contributed by atoms with E-state index in [1.807, 2.05) is 24.3 Å². The summed E-state index contributed by atoms with van der Waals surface area (Å²) in [4.78, 5) is 14.4. The van der Waals surface area contributed by atoms with Gasteiger partial charge < -0.3 is 15.5 Å². The van der Waals surface area contributed by atoms with E-state index in [9.17, 15) is 9.18 Å². The van der Waals surface area contributed by atoms with Crippen LogP contribution in [0, 0.1) is 17.1 Å². The Morgan fingerprint density at radius 2 is 1.93 bits per heavy atom. The normalized spacial score (nSPS) is 14.5. The molecule has 0 aliphatic carbocycles. The van der Waals surface area contributed by atoms with Crippen molar-refractivity contribution in [2.75, 3.05) is 18.0 Å². The van der Waals surface area contributed by atoms with Gasteiger partial charge >= 0.3 is 6.03 Å². The SMILES string of the molecule is N#Cc1ccc(N2CCC(NC(=O)NCc3cc(F)cc(Br)c3)CC2)cc1. The van der Waals surface area contributed by atoms with E-state index in [0.717, 1.165) is 31.6 Å². The lowest BCUT2D eigenvalue weighted by Crippen LogP contribution is -2.47. The van der Waals surface area contributed by atoms with Gasteiger partial charge in [-0.3, -0.25) is 0 Å². The third-order valence-electron chi connectivity index (χ3n) is 4.57. The number of urea groups is 1. The first-order valence-corrected chi connectivity index (χ1v) is 9.57. The summed E-state index contributed by atoms with van der Waals surface area (Å²) in [5, 5.41) is 14.6. The first-order valence-electron chi connectivity index (χ1n) is 8.78. The maximum atomic E-state index is 13.4. The highest BCUT2D eigenvalue weighted by molar-refractivity contribution is 9.10. The van der Waals surface area contributed by atoms with Crippen LogP contribution in [0.1, 0.15) is 24.0 Å². The molecular weight excluding hydrogens is 411 g/mol. The van der Waals surface area contributed by atoms with E-state index in [2.05, 4.69) is 37.5 Å².